The van der Waals surface area contributed by atoms with Crippen LogP contribution in [0.2, 0.25) is 0 Å². The van der Waals surface area contributed by atoms with Crippen molar-refractivity contribution in [2.75, 3.05) is 0 Å². The second kappa shape index (κ2) is 8.84. The molecule has 1 aromatic carbocycles. The summed E-state index contributed by atoms with van der Waals surface area (Å²) < 4.78 is 5.74. The Morgan fingerprint density at radius 3 is 2.67 bits per heavy atom. The summed E-state index contributed by atoms with van der Waals surface area (Å²) in [6, 6.07) is 7.69. The van der Waals surface area contributed by atoms with E-state index in [1.165, 1.54) is 5.56 Å². The van der Waals surface area contributed by atoms with E-state index in [9.17, 15) is 14.7 Å². The third kappa shape index (κ3) is 5.18. The van der Waals surface area contributed by atoms with Gasteiger partial charge in [0.25, 0.3) is 0 Å². The summed E-state index contributed by atoms with van der Waals surface area (Å²) in [4.78, 5) is 28.0. The lowest BCUT2D eigenvalue weighted by atomic mass is 9.94. The molecule has 2 aromatic rings. The van der Waals surface area contributed by atoms with Gasteiger partial charge in [-0.2, -0.15) is 0 Å². The normalized spacial score (nSPS) is 20.0. The molecule has 144 valence electrons. The number of carbonyl (C=O) groups excluding carboxylic acids is 1. The van der Waals surface area contributed by atoms with Gasteiger partial charge in [0.15, 0.2) is 11.7 Å². The summed E-state index contributed by atoms with van der Waals surface area (Å²) in [6.07, 6.45) is 6.52. The molecule has 1 aliphatic rings. The van der Waals surface area contributed by atoms with E-state index in [0.717, 1.165) is 31.2 Å². The number of carboxylic acids is 1. The van der Waals surface area contributed by atoms with Crippen LogP contribution in [0.5, 0.6) is 0 Å². The third-order valence-electron chi connectivity index (χ3n) is 5.14. The summed E-state index contributed by atoms with van der Waals surface area (Å²) in [7, 11) is 0. The highest BCUT2D eigenvalue weighted by atomic mass is 16.4. The van der Waals surface area contributed by atoms with Gasteiger partial charge in [0, 0.05) is 24.4 Å². The van der Waals surface area contributed by atoms with Crippen LogP contribution in [-0.4, -0.2) is 28.0 Å². The average molecular weight is 370 g/mol. The molecule has 1 saturated carbocycles. The highest BCUT2D eigenvalue weighted by Gasteiger charge is 2.30. The summed E-state index contributed by atoms with van der Waals surface area (Å²) >= 11 is 0. The highest BCUT2D eigenvalue weighted by Crippen LogP contribution is 2.24. The fourth-order valence-corrected chi connectivity index (χ4v) is 3.55. The lowest BCUT2D eigenvalue weighted by Crippen LogP contribution is -2.42. The van der Waals surface area contributed by atoms with Gasteiger partial charge in [-0.3, -0.25) is 9.59 Å². The maximum absolute atomic E-state index is 12.3. The lowest BCUT2D eigenvalue weighted by Gasteiger charge is -2.22. The third-order valence-corrected chi connectivity index (χ3v) is 5.14. The number of carboxylic acid groups (broad SMARTS) is 1. The highest BCUT2D eigenvalue weighted by molar-refractivity contribution is 5.78. The minimum Gasteiger partial charge on any atom is -0.481 e. The molecule has 6 nitrogen and oxygen atoms in total. The molecule has 1 amide bonds. The summed E-state index contributed by atoms with van der Waals surface area (Å²) in [5.41, 5.74) is 2.12. The number of nitrogens with zero attached hydrogens (tertiary/aromatic N) is 1. The number of benzene rings is 1. The molecular weight excluding hydrogens is 344 g/mol. The van der Waals surface area contributed by atoms with Crippen molar-refractivity contribution in [2.24, 2.45) is 5.92 Å². The molecule has 6 heteroatoms. The molecule has 2 atom stereocenters. The average Bonchev–Trinajstić information content (AvgIpc) is 2.99. The number of aliphatic carboxylic acids is 1. The van der Waals surface area contributed by atoms with Crippen molar-refractivity contribution in [3.63, 3.8) is 0 Å². The number of nitrogens with one attached hydrogen (secondary N) is 1. The van der Waals surface area contributed by atoms with Crippen molar-refractivity contribution in [3.8, 4) is 11.3 Å². The van der Waals surface area contributed by atoms with Crippen LogP contribution < -0.4 is 5.32 Å². The van der Waals surface area contributed by atoms with Crippen molar-refractivity contribution in [1.29, 1.82) is 0 Å². The van der Waals surface area contributed by atoms with Crippen LogP contribution in [0.25, 0.3) is 11.3 Å². The van der Waals surface area contributed by atoms with Crippen LogP contribution in [0.4, 0.5) is 0 Å². The van der Waals surface area contributed by atoms with Gasteiger partial charge >= 0.3 is 5.97 Å². The number of hydrogen-bond acceptors (Lipinski definition) is 4. The van der Waals surface area contributed by atoms with E-state index in [0.29, 0.717) is 24.5 Å². The van der Waals surface area contributed by atoms with Gasteiger partial charge in [-0.1, -0.05) is 49.1 Å². The maximum Gasteiger partial charge on any atom is 0.308 e. The van der Waals surface area contributed by atoms with E-state index in [-0.39, 0.29) is 18.4 Å². The monoisotopic (exact) mass is 370 g/mol. The van der Waals surface area contributed by atoms with Gasteiger partial charge in [0.2, 0.25) is 5.91 Å². The van der Waals surface area contributed by atoms with Crippen LogP contribution >= 0.6 is 0 Å². The molecule has 1 heterocycles. The van der Waals surface area contributed by atoms with Crippen LogP contribution in [0.15, 0.2) is 34.9 Å². The van der Waals surface area contributed by atoms with E-state index in [1.54, 1.807) is 6.20 Å². The summed E-state index contributed by atoms with van der Waals surface area (Å²) in [6.45, 7) is 2.03. The molecule has 0 saturated heterocycles. The van der Waals surface area contributed by atoms with Crippen molar-refractivity contribution in [1.82, 2.24) is 10.3 Å². The molecule has 0 radical (unpaired) electrons. The van der Waals surface area contributed by atoms with E-state index in [2.05, 4.69) is 10.3 Å². The van der Waals surface area contributed by atoms with Crippen molar-refractivity contribution < 1.29 is 19.1 Å². The van der Waals surface area contributed by atoms with Crippen LogP contribution in [0.1, 0.15) is 50.0 Å². The van der Waals surface area contributed by atoms with E-state index in [1.807, 2.05) is 31.2 Å². The Kier molecular flexibility index (Phi) is 6.27. The molecule has 27 heavy (non-hydrogen) atoms. The lowest BCUT2D eigenvalue weighted by molar-refractivity contribution is -0.143. The molecule has 1 aliphatic carbocycles. The molecule has 0 bridgehead atoms. The van der Waals surface area contributed by atoms with Crippen molar-refractivity contribution in [2.45, 2.75) is 57.9 Å². The first kappa shape index (κ1) is 19.1. The van der Waals surface area contributed by atoms with Crippen molar-refractivity contribution >= 4 is 11.9 Å². The first-order valence-electron chi connectivity index (χ1n) is 9.57. The zero-order chi connectivity index (χ0) is 19.2. The van der Waals surface area contributed by atoms with Gasteiger partial charge < -0.3 is 14.8 Å². The SMILES string of the molecule is Cc1ccc(-c2cnc(CCC(=O)N[C@H]3CCCCC[C@H]3C(=O)O)o2)cc1. The molecule has 0 unspecified atom stereocenters. The van der Waals surface area contributed by atoms with E-state index >= 15 is 0 Å². The Labute approximate surface area is 159 Å². The predicted molar refractivity (Wildman–Crippen MR) is 101 cm³/mol. The van der Waals surface area contributed by atoms with Gasteiger partial charge in [0.05, 0.1) is 12.1 Å². The number of rotatable bonds is 6. The molecule has 1 aromatic heterocycles. The molecule has 3 rings (SSSR count). The Balaban J connectivity index is 1.54. The zero-order valence-corrected chi connectivity index (χ0v) is 15.6. The fraction of sp³-hybridized carbons (Fsp3) is 0.476. The summed E-state index contributed by atoms with van der Waals surface area (Å²) in [5, 5.41) is 12.3. The number of aromatic nitrogens is 1. The zero-order valence-electron chi connectivity index (χ0n) is 15.6. The molecule has 2 N–H and O–H groups in total. The second-order valence-electron chi connectivity index (χ2n) is 7.24. The van der Waals surface area contributed by atoms with E-state index < -0.39 is 11.9 Å². The predicted octanol–water partition coefficient (Wildman–Crippen LogP) is 3.73. The Bertz CT molecular complexity index is 782. The van der Waals surface area contributed by atoms with E-state index in [4.69, 9.17) is 4.42 Å². The first-order chi connectivity index (χ1) is 13.0. The Morgan fingerprint density at radius 2 is 1.93 bits per heavy atom. The molecule has 0 aliphatic heterocycles. The summed E-state index contributed by atoms with van der Waals surface area (Å²) in [5.74, 6) is -0.274. The number of hydrogen-bond donors (Lipinski definition) is 2. The number of carbonyl (C=O) groups is 2. The minimum absolute atomic E-state index is 0.150. The largest absolute Gasteiger partial charge is 0.481 e. The van der Waals surface area contributed by atoms with Crippen LogP contribution in [-0.2, 0) is 16.0 Å². The Hall–Kier alpha value is -2.63. The molecular formula is C21H26N2O4. The van der Waals surface area contributed by atoms with Crippen LogP contribution in [0.3, 0.4) is 0 Å². The number of aryl methyl sites for hydroxylation is 2. The molecule has 1 fully saturated rings. The number of amides is 1. The van der Waals surface area contributed by atoms with Crippen molar-refractivity contribution in [3.05, 3.63) is 41.9 Å². The van der Waals surface area contributed by atoms with Crippen LogP contribution in [0, 0.1) is 12.8 Å². The Morgan fingerprint density at radius 1 is 1.19 bits per heavy atom. The topological polar surface area (TPSA) is 92.4 Å². The minimum atomic E-state index is -0.822. The van der Waals surface area contributed by atoms with Gasteiger partial charge in [-0.15, -0.1) is 0 Å². The first-order valence-corrected chi connectivity index (χ1v) is 9.57. The fourth-order valence-electron chi connectivity index (χ4n) is 3.55. The van der Waals surface area contributed by atoms with Gasteiger partial charge in [-0.05, 0) is 19.8 Å². The van der Waals surface area contributed by atoms with Gasteiger partial charge in [-0.25, -0.2) is 4.98 Å². The second-order valence-corrected chi connectivity index (χ2v) is 7.24. The maximum atomic E-state index is 12.3. The van der Waals surface area contributed by atoms with Gasteiger partial charge in [0.1, 0.15) is 0 Å². The number of oxazole rings is 1. The smallest absolute Gasteiger partial charge is 0.308 e. The standard InChI is InChI=1S/C21H26N2O4/c1-14-7-9-15(10-8-14)18-13-22-20(27-18)12-11-19(24)23-17-6-4-2-3-5-16(17)21(25)26/h7-10,13,16-17H,2-6,11-12H2,1H3,(H,23,24)(H,25,26)/t16-,17+/m1/s1. The molecule has 0 spiro atoms. The quantitative estimate of drug-likeness (QED) is 0.756.